The molecule has 0 unspecified atom stereocenters. The summed E-state index contributed by atoms with van der Waals surface area (Å²) < 4.78 is 37.9. The molecule has 6 aromatic rings. The first kappa shape index (κ1) is 28.1. The van der Waals surface area contributed by atoms with Crippen LogP contribution < -0.4 is 5.32 Å². The molecule has 0 aliphatic carbocycles. The van der Waals surface area contributed by atoms with E-state index in [2.05, 4.69) is 40.4 Å². The Morgan fingerprint density at radius 3 is 2.60 bits per heavy atom. The number of benzene rings is 1. The maximum Gasteiger partial charge on any atom is 0.226 e. The molecule has 5 aromatic heterocycles. The number of pyridine rings is 3. The summed E-state index contributed by atoms with van der Waals surface area (Å²) in [5, 5.41) is 10.9. The van der Waals surface area contributed by atoms with E-state index in [0.717, 1.165) is 17.4 Å². The molecular weight excluding hydrogens is 571 g/mol. The maximum atomic E-state index is 14.6. The second-order valence-electron chi connectivity index (χ2n) is 10.7. The Morgan fingerprint density at radius 2 is 1.81 bits per heavy atom. The van der Waals surface area contributed by atoms with Gasteiger partial charge in [0.25, 0.3) is 0 Å². The van der Waals surface area contributed by atoms with E-state index >= 15 is 0 Å². The van der Waals surface area contributed by atoms with Crippen LogP contribution in [0.25, 0.3) is 56.0 Å². The van der Waals surface area contributed by atoms with Crippen LogP contribution in [-0.4, -0.2) is 61.5 Å². The molecule has 0 radical (unpaired) electrons. The van der Waals surface area contributed by atoms with E-state index in [4.69, 9.17) is 0 Å². The molecule has 0 saturated heterocycles. The highest BCUT2D eigenvalue weighted by atomic mass is 32.2. The highest BCUT2D eigenvalue weighted by molar-refractivity contribution is 7.90. The number of fused-ring (bicyclic) bond motifs is 2. The molecule has 6 rings (SSSR count). The number of aryl methyl sites for hydroxylation is 1. The third-order valence-electron chi connectivity index (χ3n) is 6.93. The Bertz CT molecular complexity index is 2120. The minimum absolute atomic E-state index is 0.0777. The van der Waals surface area contributed by atoms with Crippen LogP contribution in [0.2, 0.25) is 0 Å². The van der Waals surface area contributed by atoms with Crippen LogP contribution in [0, 0.1) is 11.7 Å². The summed E-state index contributed by atoms with van der Waals surface area (Å²) in [6, 6.07) is 10.0. The Labute approximate surface area is 246 Å². The van der Waals surface area contributed by atoms with Crippen LogP contribution in [0.15, 0.2) is 61.2 Å². The van der Waals surface area contributed by atoms with Crippen molar-refractivity contribution in [3.05, 3.63) is 72.6 Å². The lowest BCUT2D eigenvalue weighted by molar-refractivity contribution is -0.118. The summed E-state index contributed by atoms with van der Waals surface area (Å²) in [7, 11) is -3.20. The molecular formula is C30H27FN8O3S. The molecule has 0 aliphatic rings. The van der Waals surface area contributed by atoms with E-state index in [1.807, 2.05) is 26.0 Å². The largest absolute Gasteiger partial charge is 0.335 e. The SMILES string of the molecule is CC(C)C(=O)Nc1cncc(-c2cnc3n[nH]c(-c4nc5nccc(-c6cc(F)cc(CCS(C)(=O)=O)c6)c5[nH]4)c3c2)c1. The van der Waals surface area contributed by atoms with Crippen molar-refractivity contribution >= 4 is 43.6 Å². The molecule has 3 N–H and O–H groups in total. The van der Waals surface area contributed by atoms with Crippen LogP contribution >= 0.6 is 0 Å². The number of aromatic amines is 2. The van der Waals surface area contributed by atoms with E-state index in [0.29, 0.717) is 56.1 Å². The van der Waals surface area contributed by atoms with Crippen molar-refractivity contribution in [2.24, 2.45) is 5.92 Å². The van der Waals surface area contributed by atoms with Crippen molar-refractivity contribution in [3.63, 3.8) is 0 Å². The zero-order valence-corrected chi connectivity index (χ0v) is 24.3. The first-order valence-electron chi connectivity index (χ1n) is 13.5. The summed E-state index contributed by atoms with van der Waals surface area (Å²) in [5.74, 6) is -0.360. The first-order valence-corrected chi connectivity index (χ1v) is 15.5. The fourth-order valence-corrected chi connectivity index (χ4v) is 5.32. The number of carbonyl (C=O) groups is 1. The van der Waals surface area contributed by atoms with Gasteiger partial charge in [-0.25, -0.2) is 27.8 Å². The summed E-state index contributed by atoms with van der Waals surface area (Å²) in [6.07, 6.45) is 7.90. The summed E-state index contributed by atoms with van der Waals surface area (Å²) in [5.41, 5.74) is 5.97. The molecule has 0 aliphatic heterocycles. The van der Waals surface area contributed by atoms with Crippen molar-refractivity contribution in [2.45, 2.75) is 20.3 Å². The zero-order valence-electron chi connectivity index (χ0n) is 23.5. The molecule has 0 spiro atoms. The molecule has 0 saturated carbocycles. The topological polar surface area (TPSA) is 159 Å². The van der Waals surface area contributed by atoms with Gasteiger partial charge in [-0.3, -0.25) is 14.9 Å². The highest BCUT2D eigenvalue weighted by Crippen LogP contribution is 2.33. The number of nitrogens with one attached hydrogen (secondary N) is 3. The van der Waals surface area contributed by atoms with Crippen molar-refractivity contribution in [3.8, 4) is 33.8 Å². The molecule has 218 valence electrons. The molecule has 0 fully saturated rings. The number of H-pyrrole nitrogens is 2. The van der Waals surface area contributed by atoms with Crippen molar-refractivity contribution < 1.29 is 17.6 Å². The minimum Gasteiger partial charge on any atom is -0.335 e. The van der Waals surface area contributed by atoms with E-state index in [1.165, 1.54) is 12.1 Å². The Balaban J connectivity index is 1.38. The number of hydrogen-bond acceptors (Lipinski definition) is 8. The van der Waals surface area contributed by atoms with Crippen LogP contribution in [0.5, 0.6) is 0 Å². The minimum atomic E-state index is -3.20. The van der Waals surface area contributed by atoms with Gasteiger partial charge in [0.2, 0.25) is 5.91 Å². The Hall–Kier alpha value is -5.04. The van der Waals surface area contributed by atoms with Crippen LogP contribution in [0.1, 0.15) is 19.4 Å². The number of halogens is 1. The monoisotopic (exact) mass is 598 g/mol. The molecule has 11 nitrogen and oxygen atoms in total. The average molecular weight is 599 g/mol. The van der Waals surface area contributed by atoms with Gasteiger partial charge in [-0.15, -0.1) is 0 Å². The number of amides is 1. The third kappa shape index (κ3) is 5.97. The average Bonchev–Trinajstić information content (AvgIpc) is 3.59. The number of aromatic nitrogens is 7. The highest BCUT2D eigenvalue weighted by Gasteiger charge is 2.18. The molecule has 13 heteroatoms. The van der Waals surface area contributed by atoms with E-state index in [1.54, 1.807) is 36.9 Å². The smallest absolute Gasteiger partial charge is 0.226 e. The fraction of sp³-hybridized carbons (Fsp3) is 0.200. The quantitative estimate of drug-likeness (QED) is 0.222. The first-order chi connectivity index (χ1) is 20.5. The molecule has 5 heterocycles. The van der Waals surface area contributed by atoms with Gasteiger partial charge in [0.05, 0.1) is 28.5 Å². The fourth-order valence-electron chi connectivity index (χ4n) is 4.71. The van der Waals surface area contributed by atoms with Gasteiger partial charge in [0.15, 0.2) is 17.1 Å². The summed E-state index contributed by atoms with van der Waals surface area (Å²) >= 11 is 0. The maximum absolute atomic E-state index is 14.6. The van der Waals surface area contributed by atoms with Crippen LogP contribution in [0.3, 0.4) is 0 Å². The second kappa shape index (κ2) is 11.0. The molecule has 1 amide bonds. The number of imidazole rings is 1. The summed E-state index contributed by atoms with van der Waals surface area (Å²) in [4.78, 5) is 33.3. The van der Waals surface area contributed by atoms with Gasteiger partial charge in [-0.05, 0) is 47.9 Å². The zero-order chi connectivity index (χ0) is 30.3. The summed E-state index contributed by atoms with van der Waals surface area (Å²) in [6.45, 7) is 3.64. The van der Waals surface area contributed by atoms with Crippen molar-refractivity contribution in [1.82, 2.24) is 35.1 Å². The van der Waals surface area contributed by atoms with E-state index < -0.39 is 15.7 Å². The number of hydrogen-bond donors (Lipinski definition) is 3. The Kier molecular flexibility index (Phi) is 7.18. The number of rotatable bonds is 8. The predicted octanol–water partition coefficient (Wildman–Crippen LogP) is 4.95. The van der Waals surface area contributed by atoms with Gasteiger partial charge in [-0.1, -0.05) is 19.9 Å². The molecule has 43 heavy (non-hydrogen) atoms. The standard InChI is InChI=1S/C30H27FN8O3S/c1-16(2)30(40)35-22-11-19(13-32-15-22)20-12-24-26(38-39-27(24)34-14-20)29-36-25-23(4-6-33-28(25)37-29)18-8-17(9-21(31)10-18)5-7-43(3,41)42/h4,6,8-16H,5,7H2,1-3H3,(H,35,40)(H,33,36,37)(H,34,38,39). The predicted molar refractivity (Wildman–Crippen MR) is 162 cm³/mol. The number of sulfone groups is 1. The van der Waals surface area contributed by atoms with Gasteiger partial charge < -0.3 is 10.3 Å². The van der Waals surface area contributed by atoms with Gasteiger partial charge in [-0.2, -0.15) is 5.10 Å². The lowest BCUT2D eigenvalue weighted by atomic mass is 10.0. The van der Waals surface area contributed by atoms with Gasteiger partial charge in [0, 0.05) is 47.5 Å². The van der Waals surface area contributed by atoms with Gasteiger partial charge in [0.1, 0.15) is 21.3 Å². The van der Waals surface area contributed by atoms with Gasteiger partial charge >= 0.3 is 0 Å². The van der Waals surface area contributed by atoms with E-state index in [-0.39, 0.29) is 24.0 Å². The van der Waals surface area contributed by atoms with Crippen LogP contribution in [-0.2, 0) is 21.1 Å². The molecule has 0 atom stereocenters. The van der Waals surface area contributed by atoms with Crippen molar-refractivity contribution in [1.29, 1.82) is 0 Å². The number of carbonyl (C=O) groups excluding carboxylic acids is 1. The van der Waals surface area contributed by atoms with Crippen LogP contribution in [0.4, 0.5) is 10.1 Å². The lowest BCUT2D eigenvalue weighted by Gasteiger charge is -2.09. The third-order valence-corrected chi connectivity index (χ3v) is 7.88. The Morgan fingerprint density at radius 1 is 1.00 bits per heavy atom. The number of nitrogens with zero attached hydrogens (tertiary/aromatic N) is 5. The van der Waals surface area contributed by atoms with E-state index in [9.17, 15) is 17.6 Å². The normalized spacial score (nSPS) is 11.9. The second-order valence-corrected chi connectivity index (χ2v) is 12.9. The lowest BCUT2D eigenvalue weighted by Crippen LogP contribution is -2.17. The van der Waals surface area contributed by atoms with Crippen molar-refractivity contribution in [2.75, 3.05) is 17.3 Å². The molecule has 1 aromatic carbocycles. The number of anilines is 1. The molecule has 0 bridgehead atoms.